The number of hydrogen-bond acceptors (Lipinski definition) is 3. The topological polar surface area (TPSA) is 30.8 Å². The Bertz CT molecular complexity index is 148. The minimum Gasteiger partial charge on any atom is -0.382 e. The van der Waals surface area contributed by atoms with Crippen LogP contribution < -0.4 is 0 Å². The van der Waals surface area contributed by atoms with Gasteiger partial charge in [-0.2, -0.15) is 0 Å². The van der Waals surface area contributed by atoms with E-state index in [-0.39, 0.29) is 5.72 Å². The molecule has 0 spiro atoms. The van der Waals surface area contributed by atoms with Crippen molar-refractivity contribution in [2.45, 2.75) is 39.3 Å². The van der Waals surface area contributed by atoms with Gasteiger partial charge in [0.15, 0.2) is 5.72 Å². The van der Waals surface area contributed by atoms with Gasteiger partial charge in [-0.1, -0.05) is 13.8 Å². The van der Waals surface area contributed by atoms with Crippen molar-refractivity contribution in [3.63, 3.8) is 0 Å². The first-order valence-corrected chi connectivity index (χ1v) is 4.85. The van der Waals surface area contributed by atoms with Crippen molar-refractivity contribution >= 4 is 6.21 Å². The molecule has 0 bridgehead atoms. The summed E-state index contributed by atoms with van der Waals surface area (Å²) in [6.45, 7) is 7.35. The summed E-state index contributed by atoms with van der Waals surface area (Å²) in [5.41, 5.74) is -0.367. The third-order valence-electron chi connectivity index (χ3n) is 1.90. The number of hydrogen-bond donors (Lipinski definition) is 0. The Morgan fingerprint density at radius 1 is 1.31 bits per heavy atom. The minimum atomic E-state index is -0.367. The monoisotopic (exact) mass is 187 g/mol. The van der Waals surface area contributed by atoms with Crippen LogP contribution in [0.3, 0.4) is 0 Å². The Labute approximate surface area is 81.1 Å². The second-order valence-electron chi connectivity index (χ2n) is 3.09. The van der Waals surface area contributed by atoms with Crippen molar-refractivity contribution in [1.29, 1.82) is 0 Å². The summed E-state index contributed by atoms with van der Waals surface area (Å²) in [4.78, 5) is 4.36. The van der Waals surface area contributed by atoms with Gasteiger partial charge in [-0.05, 0) is 19.8 Å². The Morgan fingerprint density at radius 2 is 2.00 bits per heavy atom. The van der Waals surface area contributed by atoms with Crippen LogP contribution in [0, 0.1) is 0 Å². The van der Waals surface area contributed by atoms with Crippen LogP contribution in [0.2, 0.25) is 0 Å². The highest BCUT2D eigenvalue weighted by atomic mass is 16.5. The molecule has 3 heteroatoms. The molecule has 0 aromatic rings. The maximum Gasteiger partial charge on any atom is 0.155 e. The number of nitrogens with zero attached hydrogens (tertiary/aromatic N) is 1. The molecule has 0 fully saturated rings. The van der Waals surface area contributed by atoms with Crippen LogP contribution >= 0.6 is 0 Å². The van der Waals surface area contributed by atoms with Crippen molar-refractivity contribution in [3.8, 4) is 0 Å². The second-order valence-corrected chi connectivity index (χ2v) is 3.09. The third-order valence-corrected chi connectivity index (χ3v) is 1.90. The van der Waals surface area contributed by atoms with E-state index >= 15 is 0 Å². The molecule has 0 saturated carbocycles. The number of methoxy groups -OCH3 is 1. The smallest absolute Gasteiger partial charge is 0.155 e. The van der Waals surface area contributed by atoms with Crippen molar-refractivity contribution in [2.24, 2.45) is 4.99 Å². The van der Waals surface area contributed by atoms with Crippen LogP contribution in [-0.4, -0.2) is 32.3 Å². The second kappa shape index (κ2) is 7.04. The first-order valence-electron chi connectivity index (χ1n) is 4.85. The van der Waals surface area contributed by atoms with E-state index in [1.54, 1.807) is 7.11 Å². The highest BCUT2D eigenvalue weighted by molar-refractivity contribution is 5.57. The quantitative estimate of drug-likeness (QED) is 0.452. The van der Waals surface area contributed by atoms with Crippen LogP contribution in [0.4, 0.5) is 0 Å². The van der Waals surface area contributed by atoms with Crippen LogP contribution in [0.15, 0.2) is 4.99 Å². The maximum absolute atomic E-state index is 5.60. The molecule has 0 rings (SSSR count). The molecular formula is C10H21NO2. The maximum atomic E-state index is 5.60. The molecule has 0 aliphatic rings. The fourth-order valence-electron chi connectivity index (χ4n) is 0.860. The fourth-order valence-corrected chi connectivity index (χ4v) is 0.860. The van der Waals surface area contributed by atoms with Crippen LogP contribution in [-0.2, 0) is 9.47 Å². The van der Waals surface area contributed by atoms with E-state index in [1.165, 1.54) is 0 Å². The van der Waals surface area contributed by atoms with Gasteiger partial charge in [0.05, 0.1) is 13.2 Å². The number of aliphatic imine (C=N–C) groups is 1. The molecule has 1 atom stereocenters. The average molecular weight is 187 g/mol. The van der Waals surface area contributed by atoms with Gasteiger partial charge < -0.3 is 9.47 Å². The van der Waals surface area contributed by atoms with E-state index in [2.05, 4.69) is 18.8 Å². The molecule has 0 saturated heterocycles. The van der Waals surface area contributed by atoms with E-state index in [0.717, 1.165) is 12.8 Å². The molecule has 0 aliphatic carbocycles. The largest absolute Gasteiger partial charge is 0.382 e. The molecule has 13 heavy (non-hydrogen) atoms. The Kier molecular flexibility index (Phi) is 6.82. The summed E-state index contributed by atoms with van der Waals surface area (Å²) in [5, 5.41) is 0. The number of ether oxygens (including phenoxy) is 2. The lowest BCUT2D eigenvalue weighted by molar-refractivity contribution is -0.0471. The molecular weight excluding hydrogens is 166 g/mol. The predicted octanol–water partition coefficient (Wildman–Crippen LogP) is 2.26. The third kappa shape index (κ3) is 5.77. The standard InChI is InChI=1S/C10H21NO2/c1-5-7-11-10(3,6-2)13-9-8-12-4/h7H,5-6,8-9H2,1-4H3/b11-7-. The van der Waals surface area contributed by atoms with Crippen molar-refractivity contribution in [3.05, 3.63) is 0 Å². The zero-order chi connectivity index (χ0) is 10.2. The van der Waals surface area contributed by atoms with Crippen molar-refractivity contribution in [1.82, 2.24) is 0 Å². The fraction of sp³-hybridized carbons (Fsp3) is 0.900. The summed E-state index contributed by atoms with van der Waals surface area (Å²) in [5.74, 6) is 0. The number of rotatable bonds is 7. The first kappa shape index (κ1) is 12.6. The minimum absolute atomic E-state index is 0.367. The zero-order valence-electron chi connectivity index (χ0n) is 9.17. The Hall–Kier alpha value is -0.410. The molecule has 0 N–H and O–H groups in total. The zero-order valence-corrected chi connectivity index (χ0v) is 9.17. The molecule has 78 valence electrons. The highest BCUT2D eigenvalue weighted by Gasteiger charge is 2.19. The van der Waals surface area contributed by atoms with E-state index in [9.17, 15) is 0 Å². The molecule has 0 aromatic heterocycles. The first-order chi connectivity index (χ1) is 6.18. The van der Waals surface area contributed by atoms with Gasteiger partial charge in [0.25, 0.3) is 0 Å². The van der Waals surface area contributed by atoms with Gasteiger partial charge in [0, 0.05) is 13.3 Å². The molecule has 0 radical (unpaired) electrons. The van der Waals surface area contributed by atoms with Gasteiger partial charge >= 0.3 is 0 Å². The van der Waals surface area contributed by atoms with Crippen LogP contribution in [0.1, 0.15) is 33.6 Å². The highest BCUT2D eigenvalue weighted by Crippen LogP contribution is 2.16. The molecule has 1 unspecified atom stereocenters. The van der Waals surface area contributed by atoms with Crippen molar-refractivity contribution in [2.75, 3.05) is 20.3 Å². The summed E-state index contributed by atoms with van der Waals surface area (Å²) in [7, 11) is 1.67. The molecule has 0 heterocycles. The van der Waals surface area contributed by atoms with Gasteiger partial charge in [-0.3, -0.25) is 4.99 Å². The van der Waals surface area contributed by atoms with Crippen LogP contribution in [0.5, 0.6) is 0 Å². The lowest BCUT2D eigenvalue weighted by Crippen LogP contribution is -2.27. The van der Waals surface area contributed by atoms with E-state index < -0.39 is 0 Å². The van der Waals surface area contributed by atoms with Gasteiger partial charge in [0.2, 0.25) is 0 Å². The van der Waals surface area contributed by atoms with Gasteiger partial charge in [-0.25, -0.2) is 0 Å². The SMILES string of the molecule is CC/C=N\C(C)(CC)OCCOC. The van der Waals surface area contributed by atoms with E-state index in [1.807, 2.05) is 13.1 Å². The Morgan fingerprint density at radius 3 is 2.46 bits per heavy atom. The van der Waals surface area contributed by atoms with E-state index in [0.29, 0.717) is 13.2 Å². The lowest BCUT2D eigenvalue weighted by Gasteiger charge is -2.23. The molecule has 0 aliphatic heterocycles. The average Bonchev–Trinajstić information content (AvgIpc) is 2.15. The van der Waals surface area contributed by atoms with Gasteiger partial charge in [0.1, 0.15) is 0 Å². The predicted molar refractivity (Wildman–Crippen MR) is 55.3 cm³/mol. The van der Waals surface area contributed by atoms with E-state index in [4.69, 9.17) is 9.47 Å². The molecule has 3 nitrogen and oxygen atoms in total. The molecule has 0 aromatic carbocycles. The summed E-state index contributed by atoms with van der Waals surface area (Å²) in [6, 6.07) is 0. The lowest BCUT2D eigenvalue weighted by atomic mass is 10.2. The van der Waals surface area contributed by atoms with Crippen molar-refractivity contribution < 1.29 is 9.47 Å². The summed E-state index contributed by atoms with van der Waals surface area (Å²) < 4.78 is 10.5. The summed E-state index contributed by atoms with van der Waals surface area (Å²) in [6.07, 6.45) is 3.73. The van der Waals surface area contributed by atoms with Gasteiger partial charge in [-0.15, -0.1) is 0 Å². The molecule has 0 amide bonds. The van der Waals surface area contributed by atoms with Crippen LogP contribution in [0.25, 0.3) is 0 Å². The normalized spacial score (nSPS) is 16.3. The summed E-state index contributed by atoms with van der Waals surface area (Å²) >= 11 is 0. The Balaban J connectivity index is 3.88.